The zero-order valence-electron chi connectivity index (χ0n) is 11.0. The van der Waals surface area contributed by atoms with Gasteiger partial charge in [0.05, 0.1) is 6.21 Å². The van der Waals surface area contributed by atoms with Crippen LogP contribution in [0.4, 0.5) is 0 Å². The van der Waals surface area contributed by atoms with E-state index in [9.17, 15) is 4.79 Å². The minimum absolute atomic E-state index is 0.289. The Labute approximate surface area is 136 Å². The van der Waals surface area contributed by atoms with Crippen LogP contribution >= 0.6 is 27.5 Å². The topological polar surface area (TPSA) is 41.5 Å². The molecule has 0 atom stereocenters. The lowest BCUT2D eigenvalue weighted by Crippen LogP contribution is -2.17. The number of rotatable bonds is 4. The first-order chi connectivity index (χ1) is 10.1. The zero-order valence-corrected chi connectivity index (χ0v) is 13.3. The van der Waals surface area contributed by atoms with E-state index in [1.807, 2.05) is 36.4 Å². The van der Waals surface area contributed by atoms with Crippen molar-refractivity contribution >= 4 is 45.7 Å². The normalized spacial score (nSPS) is 11.6. The second-order valence-electron chi connectivity index (χ2n) is 4.15. The highest BCUT2D eigenvalue weighted by Gasteiger charge is 2.02. The van der Waals surface area contributed by atoms with Gasteiger partial charge in [0.15, 0.2) is 0 Å². The predicted octanol–water partition coefficient (Wildman–Crippen LogP) is 4.49. The van der Waals surface area contributed by atoms with Gasteiger partial charge in [-0.3, -0.25) is 4.79 Å². The van der Waals surface area contributed by atoms with E-state index in [2.05, 4.69) is 26.5 Å². The molecular formula is C16H12BrClN2O. The molecule has 0 unspecified atom stereocenters. The molecule has 0 saturated carbocycles. The molecule has 106 valence electrons. The molecule has 0 aliphatic rings. The summed E-state index contributed by atoms with van der Waals surface area (Å²) in [5, 5.41) is 4.48. The van der Waals surface area contributed by atoms with E-state index < -0.39 is 0 Å². The van der Waals surface area contributed by atoms with Crippen molar-refractivity contribution in [1.82, 2.24) is 5.43 Å². The molecule has 0 radical (unpaired) electrons. The van der Waals surface area contributed by atoms with Gasteiger partial charge in [0, 0.05) is 15.1 Å². The molecule has 1 N–H and O–H groups in total. The lowest BCUT2D eigenvalue weighted by molar-refractivity contribution is 0.0955. The Bertz CT molecular complexity index is 666. The molecular weight excluding hydrogens is 352 g/mol. The summed E-state index contributed by atoms with van der Waals surface area (Å²) in [5.41, 5.74) is 3.99. The Hall–Kier alpha value is -1.91. The molecule has 0 spiro atoms. The van der Waals surface area contributed by atoms with Crippen LogP contribution in [-0.4, -0.2) is 12.1 Å². The Morgan fingerprint density at radius 1 is 1.10 bits per heavy atom. The van der Waals surface area contributed by atoms with Crippen LogP contribution in [0.1, 0.15) is 15.9 Å². The van der Waals surface area contributed by atoms with Crippen molar-refractivity contribution in [2.75, 3.05) is 0 Å². The van der Waals surface area contributed by atoms with E-state index in [1.54, 1.807) is 24.3 Å². The van der Waals surface area contributed by atoms with E-state index in [4.69, 9.17) is 11.6 Å². The number of nitrogens with one attached hydrogen (secondary N) is 1. The lowest BCUT2D eigenvalue weighted by Gasteiger charge is -1.99. The molecule has 1 amide bonds. The fourth-order valence-corrected chi connectivity index (χ4v) is 2.06. The number of allylic oxidation sites excluding steroid dienone is 1. The standard InChI is InChI=1S/C16H12BrClN2O/c17-14(10-12-4-2-1-3-5-12)11-19-20-16(21)13-6-8-15(18)9-7-13/h1-11H,(H,20,21)/b14-10-,19-11-. The van der Waals surface area contributed by atoms with Crippen LogP contribution in [0.25, 0.3) is 6.08 Å². The first-order valence-corrected chi connectivity index (χ1v) is 7.33. The maximum absolute atomic E-state index is 11.8. The molecule has 21 heavy (non-hydrogen) atoms. The molecule has 5 heteroatoms. The van der Waals surface area contributed by atoms with Crippen molar-refractivity contribution in [3.05, 3.63) is 75.2 Å². The average molecular weight is 364 g/mol. The summed E-state index contributed by atoms with van der Waals surface area (Å²) >= 11 is 9.14. The highest BCUT2D eigenvalue weighted by atomic mass is 79.9. The van der Waals surface area contributed by atoms with Crippen LogP contribution in [0.3, 0.4) is 0 Å². The smallest absolute Gasteiger partial charge is 0.267 e. The van der Waals surface area contributed by atoms with Crippen molar-refractivity contribution in [3.8, 4) is 0 Å². The summed E-state index contributed by atoms with van der Waals surface area (Å²) in [6, 6.07) is 16.4. The maximum atomic E-state index is 11.8. The van der Waals surface area contributed by atoms with E-state index in [0.29, 0.717) is 10.6 Å². The van der Waals surface area contributed by atoms with Crippen LogP contribution in [0.2, 0.25) is 5.02 Å². The lowest BCUT2D eigenvalue weighted by atomic mass is 10.2. The van der Waals surface area contributed by atoms with Gasteiger partial charge < -0.3 is 0 Å². The Morgan fingerprint density at radius 3 is 2.43 bits per heavy atom. The number of hydrazone groups is 1. The van der Waals surface area contributed by atoms with E-state index in [1.165, 1.54) is 6.21 Å². The summed E-state index contributed by atoms with van der Waals surface area (Å²) in [4.78, 5) is 11.8. The third kappa shape index (κ3) is 5.17. The Balaban J connectivity index is 1.94. The van der Waals surface area contributed by atoms with Crippen molar-refractivity contribution in [1.29, 1.82) is 0 Å². The van der Waals surface area contributed by atoms with E-state index in [-0.39, 0.29) is 5.91 Å². The first kappa shape index (κ1) is 15.5. The Kier molecular flexibility index (Phi) is 5.72. The first-order valence-electron chi connectivity index (χ1n) is 6.16. The molecule has 0 aromatic heterocycles. The summed E-state index contributed by atoms with van der Waals surface area (Å²) in [6.45, 7) is 0. The minimum Gasteiger partial charge on any atom is -0.267 e. The number of nitrogens with zero attached hydrogens (tertiary/aromatic N) is 1. The number of benzene rings is 2. The zero-order chi connectivity index (χ0) is 15.1. The number of amides is 1. The maximum Gasteiger partial charge on any atom is 0.271 e. The monoisotopic (exact) mass is 362 g/mol. The fraction of sp³-hybridized carbons (Fsp3) is 0. The molecule has 2 aromatic carbocycles. The van der Waals surface area contributed by atoms with Crippen molar-refractivity contribution in [3.63, 3.8) is 0 Å². The van der Waals surface area contributed by atoms with Gasteiger partial charge in [-0.05, 0) is 51.8 Å². The highest BCUT2D eigenvalue weighted by molar-refractivity contribution is 9.12. The number of hydrogen-bond acceptors (Lipinski definition) is 2. The predicted molar refractivity (Wildman–Crippen MR) is 90.8 cm³/mol. The number of carbonyl (C=O) groups excluding carboxylic acids is 1. The van der Waals surface area contributed by atoms with Crippen molar-refractivity contribution < 1.29 is 4.79 Å². The third-order valence-electron chi connectivity index (χ3n) is 2.56. The minimum atomic E-state index is -0.289. The summed E-state index contributed by atoms with van der Waals surface area (Å²) in [7, 11) is 0. The summed E-state index contributed by atoms with van der Waals surface area (Å²) in [6.07, 6.45) is 3.43. The average Bonchev–Trinajstić information content (AvgIpc) is 2.49. The fourth-order valence-electron chi connectivity index (χ4n) is 1.56. The van der Waals surface area contributed by atoms with Crippen LogP contribution in [0, 0.1) is 0 Å². The largest absolute Gasteiger partial charge is 0.271 e. The van der Waals surface area contributed by atoms with Gasteiger partial charge in [-0.2, -0.15) is 5.10 Å². The molecule has 2 aromatic rings. The molecule has 0 saturated heterocycles. The Morgan fingerprint density at radius 2 is 1.76 bits per heavy atom. The van der Waals surface area contributed by atoms with E-state index in [0.717, 1.165) is 10.0 Å². The highest BCUT2D eigenvalue weighted by Crippen LogP contribution is 2.10. The summed E-state index contributed by atoms with van der Waals surface area (Å²) < 4.78 is 0.755. The van der Waals surface area contributed by atoms with Gasteiger partial charge in [0.25, 0.3) is 5.91 Å². The van der Waals surface area contributed by atoms with Crippen LogP contribution in [-0.2, 0) is 0 Å². The second kappa shape index (κ2) is 7.76. The van der Waals surface area contributed by atoms with Gasteiger partial charge in [-0.1, -0.05) is 41.9 Å². The number of halogens is 2. The van der Waals surface area contributed by atoms with Crippen molar-refractivity contribution in [2.24, 2.45) is 5.10 Å². The van der Waals surface area contributed by atoms with Gasteiger partial charge in [0.2, 0.25) is 0 Å². The van der Waals surface area contributed by atoms with Crippen molar-refractivity contribution in [2.45, 2.75) is 0 Å². The molecule has 0 bridgehead atoms. The van der Waals surface area contributed by atoms with Gasteiger partial charge in [-0.15, -0.1) is 0 Å². The van der Waals surface area contributed by atoms with Crippen LogP contribution in [0.5, 0.6) is 0 Å². The molecule has 0 aliphatic heterocycles. The number of hydrogen-bond donors (Lipinski definition) is 1. The SMILES string of the molecule is O=C(N/N=C\C(Br)=C\c1ccccc1)c1ccc(Cl)cc1. The molecule has 0 aliphatic carbocycles. The molecule has 0 heterocycles. The molecule has 3 nitrogen and oxygen atoms in total. The van der Waals surface area contributed by atoms with Gasteiger partial charge in [-0.25, -0.2) is 5.43 Å². The van der Waals surface area contributed by atoms with Crippen LogP contribution in [0.15, 0.2) is 64.2 Å². The number of carbonyl (C=O) groups is 1. The van der Waals surface area contributed by atoms with Gasteiger partial charge in [0.1, 0.15) is 0 Å². The molecule has 2 rings (SSSR count). The third-order valence-corrected chi connectivity index (χ3v) is 3.25. The molecule has 0 fully saturated rings. The van der Waals surface area contributed by atoms with Gasteiger partial charge >= 0.3 is 0 Å². The quantitative estimate of drug-likeness (QED) is 0.631. The second-order valence-corrected chi connectivity index (χ2v) is 5.50. The van der Waals surface area contributed by atoms with E-state index >= 15 is 0 Å². The van der Waals surface area contributed by atoms with Crippen LogP contribution < -0.4 is 5.43 Å². The summed E-state index contributed by atoms with van der Waals surface area (Å²) in [5.74, 6) is -0.289.